The van der Waals surface area contributed by atoms with Crippen molar-refractivity contribution >= 4 is 16.5 Å². The quantitative estimate of drug-likeness (QED) is 0.851. The van der Waals surface area contributed by atoms with Crippen molar-refractivity contribution < 1.29 is 9.84 Å². The van der Waals surface area contributed by atoms with Crippen LogP contribution in [0.1, 0.15) is 24.4 Å². The second-order valence-corrected chi connectivity index (χ2v) is 4.97. The van der Waals surface area contributed by atoms with E-state index in [0.29, 0.717) is 18.9 Å². The number of nitrogens with one attached hydrogen (secondary N) is 1. The molecule has 102 valence electrons. The van der Waals surface area contributed by atoms with E-state index in [0.717, 1.165) is 22.1 Å². The summed E-state index contributed by atoms with van der Waals surface area (Å²) in [6.07, 6.45) is 0.879. The van der Waals surface area contributed by atoms with Gasteiger partial charge >= 0.3 is 0 Å². The zero-order chi connectivity index (χ0) is 13.7. The van der Waals surface area contributed by atoms with Gasteiger partial charge in [-0.15, -0.1) is 10.2 Å². The highest BCUT2D eigenvalue weighted by Gasteiger charge is 2.08. The second-order valence-electron chi connectivity index (χ2n) is 3.90. The van der Waals surface area contributed by atoms with E-state index in [1.54, 1.807) is 6.07 Å². The topological polar surface area (TPSA) is 67.3 Å². The molecule has 0 amide bonds. The summed E-state index contributed by atoms with van der Waals surface area (Å²) in [4.78, 5) is 0. The molecule has 0 atom stereocenters. The van der Waals surface area contributed by atoms with Crippen molar-refractivity contribution in [1.29, 1.82) is 0 Å². The van der Waals surface area contributed by atoms with E-state index in [2.05, 4.69) is 15.5 Å². The third kappa shape index (κ3) is 3.35. The lowest BCUT2D eigenvalue weighted by molar-refractivity contribution is 0.317. The maximum atomic E-state index is 10.1. The van der Waals surface area contributed by atoms with Gasteiger partial charge in [0.15, 0.2) is 11.5 Å². The number of para-hydroxylation sites is 1. The van der Waals surface area contributed by atoms with Gasteiger partial charge in [-0.25, -0.2) is 0 Å². The first kappa shape index (κ1) is 13.6. The number of anilines is 1. The van der Waals surface area contributed by atoms with Crippen LogP contribution in [-0.4, -0.2) is 21.9 Å². The minimum absolute atomic E-state index is 0.178. The summed E-state index contributed by atoms with van der Waals surface area (Å²) >= 11 is 1.53. The number of aromatic hydroxyl groups is 1. The van der Waals surface area contributed by atoms with Crippen LogP contribution >= 0.6 is 11.3 Å². The van der Waals surface area contributed by atoms with Gasteiger partial charge in [0.25, 0.3) is 0 Å². The molecule has 0 aliphatic carbocycles. The molecule has 0 aliphatic rings. The minimum Gasteiger partial charge on any atom is -0.504 e. The molecule has 0 saturated heterocycles. The number of rotatable bonds is 6. The Hall–Kier alpha value is -1.82. The molecular formula is C13H17N3O2S. The third-order valence-electron chi connectivity index (χ3n) is 2.58. The highest BCUT2D eigenvalue weighted by molar-refractivity contribution is 7.15. The molecule has 2 N–H and O–H groups in total. The molecule has 0 saturated carbocycles. The van der Waals surface area contributed by atoms with Gasteiger partial charge in [-0.1, -0.05) is 30.4 Å². The monoisotopic (exact) mass is 279 g/mol. The summed E-state index contributed by atoms with van der Waals surface area (Å²) in [5.74, 6) is 0.686. The maximum Gasteiger partial charge on any atom is 0.205 e. The molecule has 0 aliphatic heterocycles. The van der Waals surface area contributed by atoms with Crippen molar-refractivity contribution in [3.63, 3.8) is 0 Å². The van der Waals surface area contributed by atoms with Gasteiger partial charge in [0.05, 0.1) is 6.61 Å². The van der Waals surface area contributed by atoms with Crippen molar-refractivity contribution in [3.8, 4) is 11.5 Å². The number of phenols is 1. The Bertz CT molecular complexity index is 542. The summed E-state index contributed by atoms with van der Waals surface area (Å²) in [7, 11) is 0. The molecule has 2 aromatic rings. The third-order valence-corrected chi connectivity index (χ3v) is 3.61. The van der Waals surface area contributed by atoms with Crippen molar-refractivity contribution in [1.82, 2.24) is 10.2 Å². The average molecular weight is 279 g/mol. The molecule has 1 heterocycles. The van der Waals surface area contributed by atoms with E-state index < -0.39 is 0 Å². The van der Waals surface area contributed by atoms with Crippen molar-refractivity contribution in [2.24, 2.45) is 0 Å². The van der Waals surface area contributed by atoms with Crippen LogP contribution in [0.3, 0.4) is 0 Å². The smallest absolute Gasteiger partial charge is 0.205 e. The highest BCUT2D eigenvalue weighted by Crippen LogP contribution is 2.30. The Labute approximate surface area is 116 Å². The fourth-order valence-corrected chi connectivity index (χ4v) is 2.30. The van der Waals surface area contributed by atoms with Crippen LogP contribution in [0.4, 0.5) is 5.13 Å². The molecule has 19 heavy (non-hydrogen) atoms. The number of phenolic OH excluding ortho intramolecular Hbond substituents is 1. The number of hydrogen-bond acceptors (Lipinski definition) is 6. The first-order valence-corrected chi connectivity index (χ1v) is 7.06. The number of hydrogen-bond donors (Lipinski definition) is 2. The standard InChI is InChI=1S/C13H17N3O2S/c1-3-11-15-16-13(19-11)14-8-9-6-5-7-10(12(9)17)18-4-2/h5-7,17H,3-4,8H2,1-2H3,(H,14,16). The summed E-state index contributed by atoms with van der Waals surface area (Å²) in [6.45, 7) is 4.95. The van der Waals surface area contributed by atoms with Gasteiger partial charge < -0.3 is 15.2 Å². The zero-order valence-corrected chi connectivity index (χ0v) is 11.8. The summed E-state index contributed by atoms with van der Waals surface area (Å²) in [5.41, 5.74) is 0.777. The largest absolute Gasteiger partial charge is 0.504 e. The molecular weight excluding hydrogens is 262 g/mol. The molecule has 6 heteroatoms. The summed E-state index contributed by atoms with van der Waals surface area (Å²) in [6, 6.07) is 5.47. The van der Waals surface area contributed by atoms with Gasteiger partial charge in [-0.05, 0) is 19.4 Å². The predicted octanol–water partition coefficient (Wildman–Crippen LogP) is 2.82. The maximum absolute atomic E-state index is 10.1. The number of nitrogens with zero attached hydrogens (tertiary/aromatic N) is 2. The molecule has 1 aromatic carbocycles. The van der Waals surface area contributed by atoms with E-state index in [1.807, 2.05) is 26.0 Å². The Balaban J connectivity index is 2.04. The number of aryl methyl sites for hydroxylation is 1. The molecule has 0 spiro atoms. The molecule has 2 rings (SSSR count). The van der Waals surface area contributed by atoms with Gasteiger partial charge in [-0.3, -0.25) is 0 Å². The predicted molar refractivity (Wildman–Crippen MR) is 75.9 cm³/mol. The minimum atomic E-state index is 0.178. The van der Waals surface area contributed by atoms with Crippen LogP contribution in [0.2, 0.25) is 0 Å². The average Bonchev–Trinajstić information content (AvgIpc) is 2.88. The summed E-state index contributed by atoms with van der Waals surface area (Å²) < 4.78 is 5.35. The molecule has 0 radical (unpaired) electrons. The first-order chi connectivity index (χ1) is 9.24. The highest BCUT2D eigenvalue weighted by atomic mass is 32.1. The molecule has 1 aromatic heterocycles. The second kappa shape index (κ2) is 6.38. The van der Waals surface area contributed by atoms with Gasteiger partial charge in [-0.2, -0.15) is 0 Å². The van der Waals surface area contributed by atoms with Crippen LogP contribution in [0, 0.1) is 0 Å². The Morgan fingerprint density at radius 3 is 2.84 bits per heavy atom. The molecule has 0 fully saturated rings. The van der Waals surface area contributed by atoms with Gasteiger partial charge in [0, 0.05) is 12.1 Å². The molecule has 0 bridgehead atoms. The van der Waals surface area contributed by atoms with Crippen molar-refractivity contribution in [2.45, 2.75) is 26.8 Å². The van der Waals surface area contributed by atoms with Crippen LogP contribution in [0.25, 0.3) is 0 Å². The van der Waals surface area contributed by atoms with Crippen LogP contribution in [-0.2, 0) is 13.0 Å². The SMILES string of the molecule is CCOc1cccc(CNc2nnc(CC)s2)c1O. The van der Waals surface area contributed by atoms with Crippen molar-refractivity contribution in [2.75, 3.05) is 11.9 Å². The molecule has 5 nitrogen and oxygen atoms in total. The Kier molecular flexibility index (Phi) is 4.57. The first-order valence-electron chi connectivity index (χ1n) is 6.24. The summed E-state index contributed by atoms with van der Waals surface area (Å²) in [5, 5.41) is 23.0. The van der Waals surface area contributed by atoms with E-state index >= 15 is 0 Å². The van der Waals surface area contributed by atoms with Gasteiger partial charge in [0.2, 0.25) is 5.13 Å². The number of benzene rings is 1. The number of ether oxygens (including phenoxy) is 1. The van der Waals surface area contributed by atoms with E-state index in [4.69, 9.17) is 4.74 Å². The lowest BCUT2D eigenvalue weighted by atomic mass is 10.2. The normalized spacial score (nSPS) is 10.4. The van der Waals surface area contributed by atoms with Crippen LogP contribution < -0.4 is 10.1 Å². The van der Waals surface area contributed by atoms with Crippen molar-refractivity contribution in [3.05, 3.63) is 28.8 Å². The lowest BCUT2D eigenvalue weighted by Crippen LogP contribution is -2.01. The zero-order valence-electron chi connectivity index (χ0n) is 11.0. The van der Waals surface area contributed by atoms with Crippen LogP contribution in [0.15, 0.2) is 18.2 Å². The Morgan fingerprint density at radius 2 is 2.16 bits per heavy atom. The van der Waals surface area contributed by atoms with Gasteiger partial charge in [0.1, 0.15) is 5.01 Å². The fourth-order valence-electron chi connectivity index (χ4n) is 1.62. The number of aromatic nitrogens is 2. The van der Waals surface area contributed by atoms with E-state index in [-0.39, 0.29) is 5.75 Å². The van der Waals surface area contributed by atoms with E-state index in [1.165, 1.54) is 11.3 Å². The Morgan fingerprint density at radius 1 is 1.32 bits per heavy atom. The van der Waals surface area contributed by atoms with E-state index in [9.17, 15) is 5.11 Å². The lowest BCUT2D eigenvalue weighted by Gasteiger charge is -2.10. The fraction of sp³-hybridized carbons (Fsp3) is 0.385. The van der Waals surface area contributed by atoms with Crippen LogP contribution in [0.5, 0.6) is 11.5 Å². The molecule has 0 unspecified atom stereocenters.